The third-order valence-corrected chi connectivity index (χ3v) is 3.11. The Kier molecular flexibility index (Phi) is 4.38. The quantitative estimate of drug-likeness (QED) is 0.634. The Labute approximate surface area is 103 Å². The van der Waals surface area contributed by atoms with Crippen molar-refractivity contribution < 1.29 is 27.3 Å². The average Bonchev–Trinajstić information content (AvgIpc) is 2.26. The highest BCUT2D eigenvalue weighted by Crippen LogP contribution is 2.21. The standard InChI is InChI=1S/C10H12FNO5S/c11-18(16,17)7-3-1-6(2-4-7)10(15)8(13)5-9(12)14/h1-4,8,10,13,15H,5H2,(H2,12,14). The monoisotopic (exact) mass is 277 g/mol. The van der Waals surface area contributed by atoms with Gasteiger partial charge in [0.25, 0.3) is 0 Å². The van der Waals surface area contributed by atoms with Gasteiger partial charge in [-0.2, -0.15) is 8.42 Å². The van der Waals surface area contributed by atoms with Gasteiger partial charge in [0.15, 0.2) is 0 Å². The maximum Gasteiger partial charge on any atom is 0.332 e. The van der Waals surface area contributed by atoms with Gasteiger partial charge in [-0.05, 0) is 17.7 Å². The van der Waals surface area contributed by atoms with Crippen LogP contribution in [0.2, 0.25) is 0 Å². The molecule has 8 heteroatoms. The van der Waals surface area contributed by atoms with Gasteiger partial charge in [0.05, 0.1) is 17.4 Å². The molecule has 0 radical (unpaired) electrons. The Morgan fingerprint density at radius 1 is 1.28 bits per heavy atom. The van der Waals surface area contributed by atoms with Crippen LogP contribution in [0.4, 0.5) is 3.89 Å². The Balaban J connectivity index is 2.88. The third kappa shape index (κ3) is 3.76. The molecule has 2 unspecified atom stereocenters. The summed E-state index contributed by atoms with van der Waals surface area (Å²) in [6.45, 7) is 0. The van der Waals surface area contributed by atoms with Gasteiger partial charge in [-0.25, -0.2) is 0 Å². The lowest BCUT2D eigenvalue weighted by atomic mass is 10.0. The van der Waals surface area contributed by atoms with E-state index < -0.39 is 39.7 Å². The smallest absolute Gasteiger partial charge is 0.332 e. The molecule has 0 saturated carbocycles. The van der Waals surface area contributed by atoms with E-state index in [1.807, 2.05) is 0 Å². The van der Waals surface area contributed by atoms with E-state index in [4.69, 9.17) is 5.73 Å². The second-order valence-corrected chi connectivity index (χ2v) is 5.04. The summed E-state index contributed by atoms with van der Waals surface area (Å²) < 4.78 is 33.7. The van der Waals surface area contributed by atoms with Crippen LogP contribution in [0.25, 0.3) is 0 Å². The van der Waals surface area contributed by atoms with E-state index in [0.717, 1.165) is 24.3 Å². The van der Waals surface area contributed by atoms with Crippen LogP contribution in [0.15, 0.2) is 29.2 Å². The van der Waals surface area contributed by atoms with E-state index >= 15 is 0 Å². The van der Waals surface area contributed by atoms with E-state index in [1.165, 1.54) is 0 Å². The van der Waals surface area contributed by atoms with Gasteiger partial charge in [0.2, 0.25) is 5.91 Å². The average molecular weight is 277 g/mol. The van der Waals surface area contributed by atoms with Crippen LogP contribution >= 0.6 is 0 Å². The highest BCUT2D eigenvalue weighted by Gasteiger charge is 2.21. The molecule has 0 bridgehead atoms. The molecule has 1 aromatic carbocycles. The Bertz CT molecular complexity index is 528. The summed E-state index contributed by atoms with van der Waals surface area (Å²) in [7, 11) is -4.80. The molecule has 2 atom stereocenters. The molecule has 0 saturated heterocycles. The number of carbonyl (C=O) groups is 1. The summed E-state index contributed by atoms with van der Waals surface area (Å²) >= 11 is 0. The molecule has 1 rings (SSSR count). The summed E-state index contributed by atoms with van der Waals surface area (Å²) in [6.07, 6.45) is -3.26. The minimum Gasteiger partial charge on any atom is -0.390 e. The van der Waals surface area contributed by atoms with Crippen molar-refractivity contribution in [2.24, 2.45) is 5.73 Å². The number of aliphatic hydroxyl groups is 2. The van der Waals surface area contributed by atoms with Crippen molar-refractivity contribution in [3.8, 4) is 0 Å². The van der Waals surface area contributed by atoms with Gasteiger partial charge in [-0.1, -0.05) is 12.1 Å². The molecule has 1 aromatic rings. The van der Waals surface area contributed by atoms with Crippen molar-refractivity contribution in [2.45, 2.75) is 23.5 Å². The zero-order valence-corrected chi connectivity index (χ0v) is 9.97. The molecule has 6 nitrogen and oxygen atoms in total. The van der Waals surface area contributed by atoms with Gasteiger partial charge >= 0.3 is 10.2 Å². The summed E-state index contributed by atoms with van der Waals surface area (Å²) in [5.74, 6) is -0.787. The summed E-state index contributed by atoms with van der Waals surface area (Å²) in [6, 6.07) is 4.18. The van der Waals surface area contributed by atoms with Crippen molar-refractivity contribution >= 4 is 16.1 Å². The summed E-state index contributed by atoms with van der Waals surface area (Å²) in [5, 5.41) is 19.1. The van der Waals surface area contributed by atoms with Crippen LogP contribution in [0.5, 0.6) is 0 Å². The minimum absolute atomic E-state index is 0.149. The van der Waals surface area contributed by atoms with Gasteiger partial charge in [0.1, 0.15) is 6.10 Å². The van der Waals surface area contributed by atoms with E-state index in [1.54, 1.807) is 0 Å². The zero-order valence-electron chi connectivity index (χ0n) is 9.15. The molecular formula is C10H12FNO5S. The minimum atomic E-state index is -4.80. The van der Waals surface area contributed by atoms with Crippen LogP contribution in [0.3, 0.4) is 0 Å². The molecule has 0 aliphatic carbocycles. The van der Waals surface area contributed by atoms with Gasteiger partial charge in [-0.15, -0.1) is 3.89 Å². The van der Waals surface area contributed by atoms with Crippen molar-refractivity contribution in [3.63, 3.8) is 0 Å². The second kappa shape index (κ2) is 5.42. The van der Waals surface area contributed by atoms with E-state index in [0.29, 0.717) is 0 Å². The zero-order chi connectivity index (χ0) is 13.9. The van der Waals surface area contributed by atoms with Crippen molar-refractivity contribution in [1.29, 1.82) is 0 Å². The first-order valence-corrected chi connectivity index (χ1v) is 6.29. The lowest BCUT2D eigenvalue weighted by Crippen LogP contribution is -2.25. The highest BCUT2D eigenvalue weighted by atomic mass is 32.3. The maximum absolute atomic E-state index is 12.6. The first kappa shape index (κ1) is 14.6. The molecule has 0 fully saturated rings. The number of aliphatic hydroxyl groups excluding tert-OH is 2. The van der Waals surface area contributed by atoms with Crippen LogP contribution in [-0.4, -0.2) is 30.6 Å². The molecule has 0 aromatic heterocycles. The van der Waals surface area contributed by atoms with Crippen molar-refractivity contribution in [2.75, 3.05) is 0 Å². The molecule has 0 aliphatic rings. The number of nitrogens with two attached hydrogens (primary N) is 1. The van der Waals surface area contributed by atoms with Crippen LogP contribution in [-0.2, 0) is 15.0 Å². The number of benzene rings is 1. The number of amides is 1. The number of hydrogen-bond donors (Lipinski definition) is 3. The second-order valence-electron chi connectivity index (χ2n) is 3.69. The lowest BCUT2D eigenvalue weighted by molar-refractivity contribution is -0.121. The number of carbonyl (C=O) groups excluding carboxylic acids is 1. The lowest BCUT2D eigenvalue weighted by Gasteiger charge is -2.16. The number of halogens is 1. The first-order chi connectivity index (χ1) is 8.21. The van der Waals surface area contributed by atoms with E-state index in [2.05, 4.69) is 0 Å². The topological polar surface area (TPSA) is 118 Å². The van der Waals surface area contributed by atoms with Gasteiger partial charge in [0, 0.05) is 0 Å². The summed E-state index contributed by atoms with van der Waals surface area (Å²) in [5.41, 5.74) is 5.00. The molecule has 100 valence electrons. The number of hydrogen-bond acceptors (Lipinski definition) is 5. The molecule has 0 aliphatic heterocycles. The fraction of sp³-hybridized carbons (Fsp3) is 0.300. The van der Waals surface area contributed by atoms with Crippen molar-refractivity contribution in [3.05, 3.63) is 29.8 Å². The van der Waals surface area contributed by atoms with E-state index in [-0.39, 0.29) is 5.56 Å². The molecule has 1 amide bonds. The first-order valence-electron chi connectivity index (χ1n) is 4.91. The molecule has 0 spiro atoms. The highest BCUT2D eigenvalue weighted by molar-refractivity contribution is 7.86. The normalized spacial score (nSPS) is 15.1. The largest absolute Gasteiger partial charge is 0.390 e. The summed E-state index contributed by atoms with van der Waals surface area (Å²) in [4.78, 5) is 10.0. The fourth-order valence-electron chi connectivity index (χ4n) is 1.37. The molecule has 4 N–H and O–H groups in total. The fourth-order valence-corrected chi connectivity index (χ4v) is 1.83. The SMILES string of the molecule is NC(=O)CC(O)C(O)c1ccc(S(=O)(=O)F)cc1. The van der Waals surface area contributed by atoms with Crippen LogP contribution < -0.4 is 5.73 Å². The van der Waals surface area contributed by atoms with Gasteiger partial charge in [-0.3, -0.25) is 4.79 Å². The van der Waals surface area contributed by atoms with Crippen LogP contribution in [0.1, 0.15) is 18.1 Å². The number of primary amides is 1. The predicted molar refractivity (Wildman–Crippen MR) is 59.5 cm³/mol. The van der Waals surface area contributed by atoms with Crippen LogP contribution in [0, 0.1) is 0 Å². The molecule has 0 heterocycles. The Morgan fingerprint density at radius 2 is 1.78 bits per heavy atom. The molecular weight excluding hydrogens is 265 g/mol. The maximum atomic E-state index is 12.6. The van der Waals surface area contributed by atoms with Crippen molar-refractivity contribution in [1.82, 2.24) is 0 Å². The Hall–Kier alpha value is -1.51. The molecule has 18 heavy (non-hydrogen) atoms. The Morgan fingerprint density at radius 3 is 2.17 bits per heavy atom. The van der Waals surface area contributed by atoms with Gasteiger partial charge < -0.3 is 15.9 Å². The predicted octanol–water partition coefficient (Wildman–Crippen LogP) is -0.386. The van der Waals surface area contributed by atoms with E-state index in [9.17, 15) is 27.3 Å². The third-order valence-electron chi connectivity index (χ3n) is 2.28. The number of rotatable bonds is 5.